The Labute approximate surface area is 98.4 Å². The summed E-state index contributed by atoms with van der Waals surface area (Å²) in [6.07, 6.45) is 2.72. The molecule has 1 heterocycles. The highest BCUT2D eigenvalue weighted by Crippen LogP contribution is 2.47. The number of fused-ring (bicyclic) bond motifs is 1. The van der Waals surface area contributed by atoms with Crippen LogP contribution in [0.5, 0.6) is 0 Å². The summed E-state index contributed by atoms with van der Waals surface area (Å²) in [7, 11) is 0. The summed E-state index contributed by atoms with van der Waals surface area (Å²) in [4.78, 5) is 0.524. The molecule has 2 atom stereocenters. The van der Waals surface area contributed by atoms with Crippen LogP contribution >= 0.6 is 15.9 Å². The predicted octanol–water partition coefficient (Wildman–Crippen LogP) is 2.96. The zero-order valence-corrected chi connectivity index (χ0v) is 10.1. The van der Waals surface area contributed by atoms with Crippen molar-refractivity contribution in [1.29, 1.82) is 0 Å². The van der Waals surface area contributed by atoms with Crippen molar-refractivity contribution in [2.24, 2.45) is 11.7 Å². The average Bonchev–Trinajstić information content (AvgIpc) is 3.04. The van der Waals surface area contributed by atoms with Crippen molar-refractivity contribution >= 4 is 21.6 Å². The van der Waals surface area contributed by atoms with E-state index in [9.17, 15) is 0 Å². The predicted molar refractivity (Wildman–Crippen MR) is 66.3 cm³/mol. The van der Waals surface area contributed by atoms with Crippen molar-refractivity contribution in [2.45, 2.75) is 23.7 Å². The van der Waals surface area contributed by atoms with Crippen LogP contribution in [0.1, 0.15) is 34.8 Å². The number of nitrogens with two attached hydrogens (primary N) is 1. The molecular weight excluding hydrogens is 252 g/mol. The number of nitrogens with one attached hydrogen (secondary N) is 1. The quantitative estimate of drug-likeness (QED) is 0.808. The number of rotatable bonds is 2. The van der Waals surface area contributed by atoms with E-state index in [1.165, 1.54) is 29.7 Å². The minimum Gasteiger partial charge on any atom is -0.383 e. The van der Waals surface area contributed by atoms with Gasteiger partial charge in [0.05, 0.1) is 0 Å². The molecule has 1 aliphatic heterocycles. The second-order valence-corrected chi connectivity index (χ2v) is 5.56. The molecule has 0 spiro atoms. The first-order valence-corrected chi connectivity index (χ1v) is 6.44. The highest BCUT2D eigenvalue weighted by atomic mass is 79.9. The van der Waals surface area contributed by atoms with Crippen molar-refractivity contribution in [3.8, 4) is 0 Å². The van der Waals surface area contributed by atoms with Gasteiger partial charge in [0.15, 0.2) is 0 Å². The topological polar surface area (TPSA) is 38.0 Å². The van der Waals surface area contributed by atoms with Gasteiger partial charge < -0.3 is 11.1 Å². The Kier molecular flexibility index (Phi) is 2.25. The molecule has 2 aliphatic rings. The van der Waals surface area contributed by atoms with Gasteiger partial charge in [-0.2, -0.15) is 0 Å². The average molecular weight is 267 g/mol. The molecule has 3 N–H and O–H groups in total. The minimum atomic E-state index is 0.166. The van der Waals surface area contributed by atoms with Crippen LogP contribution in [0.3, 0.4) is 0 Å². The third-order valence-corrected chi connectivity index (χ3v) is 4.62. The first kappa shape index (κ1) is 9.67. The van der Waals surface area contributed by atoms with E-state index in [-0.39, 0.29) is 6.04 Å². The van der Waals surface area contributed by atoms with Gasteiger partial charge in [-0.1, -0.05) is 28.1 Å². The summed E-state index contributed by atoms with van der Waals surface area (Å²) in [5.41, 5.74) is 9.90. The molecule has 1 aromatic rings. The Morgan fingerprint density at radius 2 is 2.20 bits per heavy atom. The van der Waals surface area contributed by atoms with Crippen LogP contribution in [0, 0.1) is 5.92 Å². The standard InChI is InChI=1S/C12H15BrN2/c13-12(7-1-2-7)8-3-4-11-9(5-8)10(14)6-15-11/h3-5,7,10,12,15H,1-2,6,14H2. The molecule has 15 heavy (non-hydrogen) atoms. The summed E-state index contributed by atoms with van der Waals surface area (Å²) in [6.45, 7) is 0.870. The Hall–Kier alpha value is -0.540. The first-order chi connectivity index (χ1) is 7.25. The van der Waals surface area contributed by atoms with E-state index in [0.717, 1.165) is 12.5 Å². The zero-order valence-electron chi connectivity index (χ0n) is 8.54. The van der Waals surface area contributed by atoms with Crippen LogP contribution in [0.2, 0.25) is 0 Å². The van der Waals surface area contributed by atoms with E-state index in [1.54, 1.807) is 0 Å². The normalized spacial score (nSPS) is 25.9. The molecule has 0 amide bonds. The lowest BCUT2D eigenvalue weighted by Crippen LogP contribution is -2.11. The van der Waals surface area contributed by atoms with Crippen LogP contribution in [0.4, 0.5) is 5.69 Å². The third kappa shape index (κ3) is 1.68. The van der Waals surface area contributed by atoms with E-state index in [2.05, 4.69) is 39.4 Å². The molecule has 0 bridgehead atoms. The van der Waals surface area contributed by atoms with E-state index in [0.29, 0.717) is 4.83 Å². The van der Waals surface area contributed by atoms with Gasteiger partial charge in [0.1, 0.15) is 0 Å². The maximum atomic E-state index is 6.03. The largest absolute Gasteiger partial charge is 0.383 e. The lowest BCUT2D eigenvalue weighted by atomic mass is 10.0. The van der Waals surface area contributed by atoms with E-state index >= 15 is 0 Å². The molecule has 1 aromatic carbocycles. The molecule has 0 radical (unpaired) electrons. The lowest BCUT2D eigenvalue weighted by molar-refractivity contribution is 0.794. The fraction of sp³-hybridized carbons (Fsp3) is 0.500. The molecule has 1 saturated carbocycles. The van der Waals surface area contributed by atoms with E-state index < -0.39 is 0 Å². The second kappa shape index (κ2) is 3.49. The number of halogens is 1. The van der Waals surface area contributed by atoms with Gasteiger partial charge in [-0.3, -0.25) is 0 Å². The van der Waals surface area contributed by atoms with Crippen molar-refractivity contribution < 1.29 is 0 Å². The zero-order chi connectivity index (χ0) is 10.4. The van der Waals surface area contributed by atoms with Crippen molar-refractivity contribution in [2.75, 3.05) is 11.9 Å². The lowest BCUT2D eigenvalue weighted by Gasteiger charge is -2.11. The fourth-order valence-electron chi connectivity index (χ4n) is 2.21. The number of hydrogen-bond donors (Lipinski definition) is 2. The second-order valence-electron chi connectivity index (χ2n) is 4.57. The molecular formula is C12H15BrN2. The monoisotopic (exact) mass is 266 g/mol. The van der Waals surface area contributed by atoms with Crippen LogP contribution in [-0.2, 0) is 0 Å². The summed E-state index contributed by atoms with van der Waals surface area (Å²) in [5.74, 6) is 0.841. The number of hydrogen-bond acceptors (Lipinski definition) is 2. The maximum absolute atomic E-state index is 6.03. The SMILES string of the molecule is NC1CNc2ccc(C(Br)C3CC3)cc21. The fourth-order valence-corrected chi connectivity index (χ4v) is 3.02. The number of benzene rings is 1. The van der Waals surface area contributed by atoms with Crippen molar-refractivity contribution in [3.63, 3.8) is 0 Å². The number of anilines is 1. The molecule has 3 heteroatoms. The Bertz CT molecular complexity index is 387. The van der Waals surface area contributed by atoms with Crippen LogP contribution in [0.15, 0.2) is 18.2 Å². The summed E-state index contributed by atoms with van der Waals surface area (Å²) in [6, 6.07) is 6.80. The molecule has 80 valence electrons. The maximum Gasteiger partial charge on any atom is 0.0491 e. The Morgan fingerprint density at radius 3 is 2.93 bits per heavy atom. The minimum absolute atomic E-state index is 0.166. The van der Waals surface area contributed by atoms with Gasteiger partial charge in [-0.05, 0) is 36.0 Å². The molecule has 0 saturated heterocycles. The van der Waals surface area contributed by atoms with Gasteiger partial charge >= 0.3 is 0 Å². The van der Waals surface area contributed by atoms with Crippen LogP contribution < -0.4 is 11.1 Å². The van der Waals surface area contributed by atoms with Gasteiger partial charge in [0.25, 0.3) is 0 Å². The molecule has 2 nitrogen and oxygen atoms in total. The van der Waals surface area contributed by atoms with Crippen LogP contribution in [0.25, 0.3) is 0 Å². The van der Waals surface area contributed by atoms with Gasteiger partial charge in [0.2, 0.25) is 0 Å². The van der Waals surface area contributed by atoms with E-state index in [4.69, 9.17) is 5.73 Å². The first-order valence-electron chi connectivity index (χ1n) is 5.53. The van der Waals surface area contributed by atoms with E-state index in [1.807, 2.05) is 0 Å². The molecule has 2 unspecified atom stereocenters. The Balaban J connectivity index is 1.93. The highest BCUT2D eigenvalue weighted by molar-refractivity contribution is 9.09. The summed E-state index contributed by atoms with van der Waals surface area (Å²) < 4.78 is 0. The molecule has 3 rings (SSSR count). The molecule has 0 aromatic heterocycles. The Morgan fingerprint density at radius 1 is 1.40 bits per heavy atom. The van der Waals surface area contributed by atoms with Gasteiger partial charge in [-0.15, -0.1) is 0 Å². The van der Waals surface area contributed by atoms with Crippen LogP contribution in [-0.4, -0.2) is 6.54 Å². The van der Waals surface area contributed by atoms with Crippen molar-refractivity contribution in [3.05, 3.63) is 29.3 Å². The highest BCUT2D eigenvalue weighted by Gasteiger charge is 2.31. The van der Waals surface area contributed by atoms with Gasteiger partial charge in [0, 0.05) is 23.1 Å². The number of alkyl halides is 1. The van der Waals surface area contributed by atoms with Crippen molar-refractivity contribution in [1.82, 2.24) is 0 Å². The third-order valence-electron chi connectivity index (χ3n) is 3.34. The smallest absolute Gasteiger partial charge is 0.0491 e. The summed E-state index contributed by atoms with van der Waals surface area (Å²) in [5, 5.41) is 3.32. The van der Waals surface area contributed by atoms with Gasteiger partial charge in [-0.25, -0.2) is 0 Å². The summed E-state index contributed by atoms with van der Waals surface area (Å²) >= 11 is 3.78. The molecule has 1 aliphatic carbocycles. The molecule has 1 fully saturated rings.